The molecular weight excluding hydrogens is 208 g/mol. The SMILES string of the molecule is CC1OCCC1N(C)C(=O)c1[nH]ncc1N. The number of hydrogen-bond donors (Lipinski definition) is 2. The van der Waals surface area contributed by atoms with E-state index < -0.39 is 0 Å². The summed E-state index contributed by atoms with van der Waals surface area (Å²) < 4.78 is 5.43. The van der Waals surface area contributed by atoms with Gasteiger partial charge in [0.25, 0.3) is 5.91 Å². The Morgan fingerprint density at radius 3 is 3.00 bits per heavy atom. The van der Waals surface area contributed by atoms with Crippen LogP contribution in [0.3, 0.4) is 0 Å². The van der Waals surface area contributed by atoms with Gasteiger partial charge < -0.3 is 15.4 Å². The number of rotatable bonds is 2. The molecule has 1 aromatic rings. The number of nitrogen functional groups attached to an aromatic ring is 1. The minimum atomic E-state index is -0.141. The summed E-state index contributed by atoms with van der Waals surface area (Å²) in [7, 11) is 1.76. The van der Waals surface area contributed by atoms with Gasteiger partial charge in [-0.25, -0.2) is 0 Å². The molecule has 2 rings (SSSR count). The van der Waals surface area contributed by atoms with Crippen LogP contribution in [0.1, 0.15) is 23.8 Å². The first-order chi connectivity index (χ1) is 7.61. The summed E-state index contributed by atoms with van der Waals surface area (Å²) in [6, 6.07) is 0.107. The Labute approximate surface area is 93.8 Å². The molecule has 16 heavy (non-hydrogen) atoms. The third-order valence-electron chi connectivity index (χ3n) is 3.04. The lowest BCUT2D eigenvalue weighted by molar-refractivity contribution is 0.0570. The standard InChI is InChI=1S/C10H16N4O2/c1-6-8(3-4-16-6)14(2)10(15)9-7(11)5-12-13-9/h5-6,8H,3-4,11H2,1-2H3,(H,12,13). The highest BCUT2D eigenvalue weighted by Crippen LogP contribution is 2.20. The molecule has 0 aliphatic carbocycles. The molecule has 88 valence electrons. The molecule has 1 amide bonds. The summed E-state index contributed by atoms with van der Waals surface area (Å²) >= 11 is 0. The second-order valence-electron chi connectivity index (χ2n) is 4.05. The summed E-state index contributed by atoms with van der Waals surface area (Å²) in [4.78, 5) is 13.7. The van der Waals surface area contributed by atoms with Crippen LogP contribution in [0.2, 0.25) is 0 Å². The molecule has 0 spiro atoms. The molecule has 1 aromatic heterocycles. The molecule has 6 nitrogen and oxygen atoms in total. The number of carbonyl (C=O) groups is 1. The van der Waals surface area contributed by atoms with E-state index in [2.05, 4.69) is 10.2 Å². The van der Waals surface area contributed by atoms with Gasteiger partial charge in [-0.2, -0.15) is 5.10 Å². The van der Waals surface area contributed by atoms with Crippen molar-refractivity contribution in [3.05, 3.63) is 11.9 Å². The number of aromatic nitrogens is 2. The Bertz CT molecular complexity index is 390. The van der Waals surface area contributed by atoms with E-state index in [-0.39, 0.29) is 18.1 Å². The molecule has 2 unspecified atom stereocenters. The van der Waals surface area contributed by atoms with Crippen LogP contribution in [0, 0.1) is 0 Å². The molecule has 0 bridgehead atoms. The van der Waals surface area contributed by atoms with Gasteiger partial charge in [0.15, 0.2) is 0 Å². The number of anilines is 1. The number of amides is 1. The van der Waals surface area contributed by atoms with Crippen molar-refractivity contribution in [2.45, 2.75) is 25.5 Å². The zero-order valence-corrected chi connectivity index (χ0v) is 9.43. The zero-order valence-electron chi connectivity index (χ0n) is 9.43. The molecule has 1 saturated heterocycles. The zero-order chi connectivity index (χ0) is 11.7. The van der Waals surface area contributed by atoms with Crippen LogP contribution in [0.4, 0.5) is 5.69 Å². The fourth-order valence-corrected chi connectivity index (χ4v) is 2.02. The maximum Gasteiger partial charge on any atom is 0.274 e. The molecule has 0 radical (unpaired) electrons. The molecule has 2 heterocycles. The highest BCUT2D eigenvalue weighted by molar-refractivity contribution is 5.97. The third kappa shape index (κ3) is 1.76. The Morgan fingerprint density at radius 1 is 1.75 bits per heavy atom. The molecule has 1 fully saturated rings. The van der Waals surface area contributed by atoms with Gasteiger partial charge >= 0.3 is 0 Å². The van der Waals surface area contributed by atoms with E-state index in [4.69, 9.17) is 10.5 Å². The maximum atomic E-state index is 12.1. The molecule has 1 aliphatic rings. The smallest absolute Gasteiger partial charge is 0.274 e. The van der Waals surface area contributed by atoms with Gasteiger partial charge in [-0.3, -0.25) is 9.89 Å². The first-order valence-electron chi connectivity index (χ1n) is 5.29. The van der Waals surface area contributed by atoms with Crippen LogP contribution in [0.25, 0.3) is 0 Å². The van der Waals surface area contributed by atoms with E-state index in [1.54, 1.807) is 11.9 Å². The minimum absolute atomic E-state index is 0.0677. The minimum Gasteiger partial charge on any atom is -0.396 e. The molecule has 3 N–H and O–H groups in total. The van der Waals surface area contributed by atoms with Crippen molar-refractivity contribution in [3.63, 3.8) is 0 Å². The van der Waals surface area contributed by atoms with Gasteiger partial charge in [0.1, 0.15) is 5.69 Å². The van der Waals surface area contributed by atoms with Crippen LogP contribution in [0.15, 0.2) is 6.20 Å². The number of aromatic amines is 1. The van der Waals surface area contributed by atoms with Crippen molar-refractivity contribution in [2.75, 3.05) is 19.4 Å². The van der Waals surface area contributed by atoms with Gasteiger partial charge in [0.05, 0.1) is 24.0 Å². The Kier molecular flexibility index (Phi) is 2.82. The molecule has 1 aliphatic heterocycles. The maximum absolute atomic E-state index is 12.1. The number of hydrogen-bond acceptors (Lipinski definition) is 4. The predicted molar refractivity (Wildman–Crippen MR) is 58.9 cm³/mol. The monoisotopic (exact) mass is 224 g/mol. The van der Waals surface area contributed by atoms with Gasteiger partial charge in [-0.05, 0) is 13.3 Å². The molecular formula is C10H16N4O2. The Morgan fingerprint density at radius 2 is 2.50 bits per heavy atom. The number of likely N-dealkylation sites (N-methyl/N-ethyl adjacent to an activating group) is 1. The number of carbonyl (C=O) groups excluding carboxylic acids is 1. The lowest BCUT2D eigenvalue weighted by Crippen LogP contribution is -2.41. The number of ether oxygens (including phenoxy) is 1. The van der Waals surface area contributed by atoms with Crippen LogP contribution in [-0.2, 0) is 4.74 Å². The first-order valence-corrected chi connectivity index (χ1v) is 5.29. The van der Waals surface area contributed by atoms with Crippen molar-refractivity contribution in [1.82, 2.24) is 15.1 Å². The summed E-state index contributed by atoms with van der Waals surface area (Å²) in [6.45, 7) is 2.67. The Balaban J connectivity index is 2.13. The number of nitrogens with one attached hydrogen (secondary N) is 1. The van der Waals surface area contributed by atoms with Crippen molar-refractivity contribution in [1.29, 1.82) is 0 Å². The van der Waals surface area contributed by atoms with Crippen LogP contribution in [0.5, 0.6) is 0 Å². The molecule has 2 atom stereocenters. The van der Waals surface area contributed by atoms with E-state index >= 15 is 0 Å². The second-order valence-corrected chi connectivity index (χ2v) is 4.05. The summed E-state index contributed by atoms with van der Waals surface area (Å²) in [5, 5.41) is 6.36. The fourth-order valence-electron chi connectivity index (χ4n) is 2.02. The van der Waals surface area contributed by atoms with Crippen molar-refractivity contribution in [3.8, 4) is 0 Å². The number of nitrogens with zero attached hydrogens (tertiary/aromatic N) is 2. The van der Waals surface area contributed by atoms with Crippen molar-refractivity contribution >= 4 is 11.6 Å². The van der Waals surface area contributed by atoms with E-state index in [9.17, 15) is 4.79 Å². The summed E-state index contributed by atoms with van der Waals surface area (Å²) in [5.41, 5.74) is 6.37. The summed E-state index contributed by atoms with van der Waals surface area (Å²) in [6.07, 6.45) is 2.37. The van der Waals surface area contributed by atoms with E-state index in [0.717, 1.165) is 6.42 Å². The average Bonchev–Trinajstić information content (AvgIpc) is 2.85. The summed E-state index contributed by atoms with van der Waals surface area (Å²) in [5.74, 6) is -0.141. The van der Waals surface area contributed by atoms with Gasteiger partial charge in [0, 0.05) is 13.7 Å². The number of nitrogens with two attached hydrogens (primary N) is 1. The quantitative estimate of drug-likeness (QED) is 0.753. The fraction of sp³-hybridized carbons (Fsp3) is 0.600. The topological polar surface area (TPSA) is 84.2 Å². The normalized spacial score (nSPS) is 24.6. The van der Waals surface area contributed by atoms with Crippen molar-refractivity contribution < 1.29 is 9.53 Å². The van der Waals surface area contributed by atoms with Crippen LogP contribution >= 0.6 is 0 Å². The van der Waals surface area contributed by atoms with Crippen LogP contribution in [-0.4, -0.2) is 46.8 Å². The first kappa shape index (κ1) is 10.9. The lowest BCUT2D eigenvalue weighted by Gasteiger charge is -2.26. The predicted octanol–water partition coefficient (Wildman–Crippen LogP) is 0.241. The molecule has 0 saturated carbocycles. The third-order valence-corrected chi connectivity index (χ3v) is 3.04. The molecule has 6 heteroatoms. The van der Waals surface area contributed by atoms with Gasteiger partial charge in [0.2, 0.25) is 0 Å². The lowest BCUT2D eigenvalue weighted by atomic mass is 10.1. The Hall–Kier alpha value is -1.56. The van der Waals surface area contributed by atoms with Gasteiger partial charge in [-0.15, -0.1) is 0 Å². The van der Waals surface area contributed by atoms with Crippen LogP contribution < -0.4 is 5.73 Å². The highest BCUT2D eigenvalue weighted by atomic mass is 16.5. The second kappa shape index (κ2) is 4.13. The van der Waals surface area contributed by atoms with Gasteiger partial charge in [-0.1, -0.05) is 0 Å². The number of H-pyrrole nitrogens is 1. The van der Waals surface area contributed by atoms with Crippen molar-refractivity contribution in [2.24, 2.45) is 0 Å². The van der Waals surface area contributed by atoms with E-state index in [1.165, 1.54) is 6.20 Å². The van der Waals surface area contributed by atoms with E-state index in [0.29, 0.717) is 18.0 Å². The average molecular weight is 224 g/mol. The van der Waals surface area contributed by atoms with E-state index in [1.807, 2.05) is 6.92 Å². The molecule has 0 aromatic carbocycles. The highest BCUT2D eigenvalue weighted by Gasteiger charge is 2.32. The largest absolute Gasteiger partial charge is 0.396 e.